The minimum Gasteiger partial charge on any atom is -0.423 e. The average Bonchev–Trinajstić information content (AvgIpc) is 3.06. The van der Waals surface area contributed by atoms with E-state index in [9.17, 15) is 4.79 Å². The van der Waals surface area contributed by atoms with Crippen LogP contribution in [0.3, 0.4) is 0 Å². The van der Waals surface area contributed by atoms with Gasteiger partial charge in [-0.1, -0.05) is 49.0 Å². The summed E-state index contributed by atoms with van der Waals surface area (Å²) in [6, 6.07) is 19.8. The van der Waals surface area contributed by atoms with E-state index in [0.717, 1.165) is 37.6 Å². The molecule has 3 aromatic carbocycles. The largest absolute Gasteiger partial charge is 0.423 e. The van der Waals surface area contributed by atoms with Gasteiger partial charge >= 0.3 is 5.97 Å². The molecule has 24 heavy (non-hydrogen) atoms. The van der Waals surface area contributed by atoms with Gasteiger partial charge in [-0.2, -0.15) is 0 Å². The van der Waals surface area contributed by atoms with Crippen molar-refractivity contribution in [2.45, 2.75) is 0 Å². The summed E-state index contributed by atoms with van der Waals surface area (Å²) in [4.78, 5) is 16.4. The van der Waals surface area contributed by atoms with Crippen molar-refractivity contribution >= 4 is 38.3 Å². The van der Waals surface area contributed by atoms with E-state index in [1.807, 2.05) is 30.3 Å². The molecule has 0 radical (unpaired) electrons. The summed E-state index contributed by atoms with van der Waals surface area (Å²) < 4.78 is 6.45. The SMILES string of the molecule is C=CC(=O)Oc1ccccc1-c1nc2c(ccc3ccccc32)s1. The number of carbonyl (C=O) groups is 1. The minimum absolute atomic E-state index is 0.478. The van der Waals surface area contributed by atoms with Crippen LogP contribution in [0.15, 0.2) is 73.3 Å². The molecule has 0 atom stereocenters. The standard InChI is InChI=1S/C20H13NO2S/c1-2-18(22)23-16-10-6-5-9-15(16)20-21-19-14-8-4-3-7-13(14)11-12-17(19)24-20/h2-12H,1H2. The third-order valence-electron chi connectivity index (χ3n) is 3.78. The van der Waals surface area contributed by atoms with Gasteiger partial charge in [-0.05, 0) is 23.6 Å². The highest BCUT2D eigenvalue weighted by atomic mass is 32.1. The first kappa shape index (κ1) is 14.6. The number of para-hydroxylation sites is 1. The Morgan fingerprint density at radius 1 is 1.04 bits per heavy atom. The van der Waals surface area contributed by atoms with Crippen LogP contribution in [0.5, 0.6) is 5.75 Å². The van der Waals surface area contributed by atoms with E-state index < -0.39 is 5.97 Å². The van der Waals surface area contributed by atoms with E-state index in [-0.39, 0.29) is 0 Å². The van der Waals surface area contributed by atoms with Crippen LogP contribution in [0.25, 0.3) is 31.6 Å². The Labute approximate surface area is 142 Å². The zero-order chi connectivity index (χ0) is 16.5. The van der Waals surface area contributed by atoms with E-state index in [1.165, 1.54) is 0 Å². The van der Waals surface area contributed by atoms with Crippen molar-refractivity contribution in [1.82, 2.24) is 4.98 Å². The van der Waals surface area contributed by atoms with Gasteiger partial charge in [0.05, 0.1) is 15.8 Å². The average molecular weight is 331 g/mol. The number of thiazole rings is 1. The van der Waals surface area contributed by atoms with E-state index in [2.05, 4.69) is 30.8 Å². The van der Waals surface area contributed by atoms with E-state index in [1.54, 1.807) is 17.4 Å². The number of benzene rings is 3. The zero-order valence-corrected chi connectivity index (χ0v) is 13.5. The highest BCUT2D eigenvalue weighted by Crippen LogP contribution is 2.37. The first-order valence-corrected chi connectivity index (χ1v) is 8.30. The Bertz CT molecular complexity index is 1080. The Balaban J connectivity index is 1.90. The fraction of sp³-hybridized carbons (Fsp3) is 0. The molecule has 0 aliphatic rings. The number of esters is 1. The first-order chi connectivity index (χ1) is 11.8. The van der Waals surface area contributed by atoms with Crippen molar-refractivity contribution in [3.63, 3.8) is 0 Å². The van der Waals surface area contributed by atoms with Crippen LogP contribution in [0.1, 0.15) is 0 Å². The second-order valence-corrected chi connectivity index (χ2v) is 6.30. The maximum atomic E-state index is 11.6. The molecule has 0 aliphatic heterocycles. The predicted octanol–water partition coefficient (Wildman–Crippen LogP) is 5.21. The molecular formula is C20H13NO2S. The Kier molecular flexibility index (Phi) is 3.59. The summed E-state index contributed by atoms with van der Waals surface area (Å²) in [5.74, 6) is 0.0137. The van der Waals surface area contributed by atoms with Crippen LogP contribution in [-0.4, -0.2) is 11.0 Å². The van der Waals surface area contributed by atoms with Crippen LogP contribution >= 0.6 is 11.3 Å². The van der Waals surface area contributed by atoms with Crippen molar-refractivity contribution in [3.05, 3.63) is 73.3 Å². The van der Waals surface area contributed by atoms with Crippen LogP contribution in [0, 0.1) is 0 Å². The van der Waals surface area contributed by atoms with E-state index in [4.69, 9.17) is 9.72 Å². The quantitative estimate of drug-likeness (QED) is 0.294. The zero-order valence-electron chi connectivity index (χ0n) is 12.7. The van der Waals surface area contributed by atoms with Gasteiger partial charge in [0.25, 0.3) is 0 Å². The van der Waals surface area contributed by atoms with Gasteiger partial charge in [-0.25, -0.2) is 9.78 Å². The fourth-order valence-corrected chi connectivity index (χ4v) is 3.67. The van der Waals surface area contributed by atoms with Gasteiger partial charge in [-0.3, -0.25) is 0 Å². The van der Waals surface area contributed by atoms with Gasteiger partial charge in [0.1, 0.15) is 10.8 Å². The van der Waals surface area contributed by atoms with Crippen molar-refractivity contribution in [1.29, 1.82) is 0 Å². The molecule has 1 heterocycles. The molecule has 0 fully saturated rings. The normalized spacial score (nSPS) is 10.8. The smallest absolute Gasteiger partial charge is 0.335 e. The van der Waals surface area contributed by atoms with Crippen LogP contribution in [-0.2, 0) is 4.79 Å². The highest BCUT2D eigenvalue weighted by molar-refractivity contribution is 7.21. The summed E-state index contributed by atoms with van der Waals surface area (Å²) in [5.41, 5.74) is 1.77. The molecule has 4 heteroatoms. The number of hydrogen-bond acceptors (Lipinski definition) is 4. The molecule has 4 rings (SSSR count). The molecule has 0 amide bonds. The molecule has 0 unspecified atom stereocenters. The molecule has 0 spiro atoms. The molecular weight excluding hydrogens is 318 g/mol. The molecule has 116 valence electrons. The van der Waals surface area contributed by atoms with Gasteiger partial charge in [0, 0.05) is 11.5 Å². The molecule has 0 aliphatic carbocycles. The molecule has 0 bridgehead atoms. The fourth-order valence-electron chi connectivity index (χ4n) is 2.66. The Morgan fingerprint density at radius 3 is 2.71 bits per heavy atom. The maximum absolute atomic E-state index is 11.6. The summed E-state index contributed by atoms with van der Waals surface area (Å²) in [6.45, 7) is 3.44. The van der Waals surface area contributed by atoms with E-state index >= 15 is 0 Å². The number of aromatic nitrogens is 1. The number of carbonyl (C=O) groups excluding carboxylic acids is 1. The number of rotatable bonds is 3. The van der Waals surface area contributed by atoms with Gasteiger partial charge < -0.3 is 4.74 Å². The number of ether oxygens (including phenoxy) is 1. The van der Waals surface area contributed by atoms with E-state index in [0.29, 0.717) is 5.75 Å². The lowest BCUT2D eigenvalue weighted by atomic mass is 10.1. The number of nitrogens with zero attached hydrogens (tertiary/aromatic N) is 1. The molecule has 0 saturated heterocycles. The van der Waals surface area contributed by atoms with Crippen LogP contribution < -0.4 is 4.74 Å². The van der Waals surface area contributed by atoms with Gasteiger partial charge in [-0.15, -0.1) is 11.3 Å². The molecule has 3 nitrogen and oxygen atoms in total. The molecule has 0 N–H and O–H groups in total. The van der Waals surface area contributed by atoms with Crippen molar-refractivity contribution < 1.29 is 9.53 Å². The highest BCUT2D eigenvalue weighted by Gasteiger charge is 2.14. The predicted molar refractivity (Wildman–Crippen MR) is 98.4 cm³/mol. The van der Waals surface area contributed by atoms with Crippen molar-refractivity contribution in [2.75, 3.05) is 0 Å². The second-order valence-electron chi connectivity index (χ2n) is 5.27. The molecule has 4 aromatic rings. The van der Waals surface area contributed by atoms with Crippen LogP contribution in [0.4, 0.5) is 0 Å². The third-order valence-corrected chi connectivity index (χ3v) is 4.83. The molecule has 1 aromatic heterocycles. The first-order valence-electron chi connectivity index (χ1n) is 7.48. The third kappa shape index (κ3) is 2.47. The van der Waals surface area contributed by atoms with Crippen LogP contribution in [0.2, 0.25) is 0 Å². The summed E-state index contributed by atoms with van der Waals surface area (Å²) >= 11 is 1.59. The maximum Gasteiger partial charge on any atom is 0.335 e. The Morgan fingerprint density at radius 2 is 1.83 bits per heavy atom. The topological polar surface area (TPSA) is 39.2 Å². The molecule has 0 saturated carbocycles. The van der Waals surface area contributed by atoms with Gasteiger partial charge in [0.15, 0.2) is 0 Å². The van der Waals surface area contributed by atoms with Crippen molar-refractivity contribution in [3.8, 4) is 16.3 Å². The summed E-state index contributed by atoms with van der Waals surface area (Å²) in [6.07, 6.45) is 1.16. The lowest BCUT2D eigenvalue weighted by Gasteiger charge is -2.05. The second kappa shape index (κ2) is 5.91. The monoisotopic (exact) mass is 331 g/mol. The van der Waals surface area contributed by atoms with Crippen molar-refractivity contribution in [2.24, 2.45) is 0 Å². The number of fused-ring (bicyclic) bond motifs is 3. The number of hydrogen-bond donors (Lipinski definition) is 0. The lowest BCUT2D eigenvalue weighted by Crippen LogP contribution is -2.03. The van der Waals surface area contributed by atoms with Gasteiger partial charge in [0.2, 0.25) is 0 Å². The minimum atomic E-state index is -0.478. The summed E-state index contributed by atoms with van der Waals surface area (Å²) in [7, 11) is 0. The Hall–Kier alpha value is -2.98. The summed E-state index contributed by atoms with van der Waals surface area (Å²) in [5, 5.41) is 3.11. The lowest BCUT2D eigenvalue weighted by molar-refractivity contribution is -0.128.